The minimum atomic E-state index is -2.19. The summed E-state index contributed by atoms with van der Waals surface area (Å²) in [6, 6.07) is 45.5. The SMILES string of the molecule is CC(C)(C)c1ccc(COc2ccc(F)cc2C[P+](c2ccccc2)(c2ccccc2)c2ccccc2)cc1. The zero-order valence-electron chi connectivity index (χ0n) is 22.8. The van der Waals surface area contributed by atoms with Gasteiger partial charge in [-0.3, -0.25) is 0 Å². The van der Waals surface area contributed by atoms with Crippen molar-refractivity contribution in [3.05, 3.63) is 156 Å². The molecule has 0 bridgehead atoms. The van der Waals surface area contributed by atoms with E-state index >= 15 is 0 Å². The highest BCUT2D eigenvalue weighted by molar-refractivity contribution is 7.95. The average molecular weight is 534 g/mol. The van der Waals surface area contributed by atoms with Gasteiger partial charge in [0.1, 0.15) is 47.5 Å². The van der Waals surface area contributed by atoms with Crippen LogP contribution >= 0.6 is 7.26 Å². The molecular formula is C36H35FOP+. The van der Waals surface area contributed by atoms with Gasteiger partial charge < -0.3 is 4.74 Å². The van der Waals surface area contributed by atoms with Gasteiger partial charge in [-0.15, -0.1) is 0 Å². The fourth-order valence-electron chi connectivity index (χ4n) is 5.10. The van der Waals surface area contributed by atoms with Gasteiger partial charge >= 0.3 is 0 Å². The lowest BCUT2D eigenvalue weighted by molar-refractivity contribution is 0.303. The third-order valence-electron chi connectivity index (χ3n) is 7.24. The number of benzene rings is 5. The minimum absolute atomic E-state index is 0.100. The van der Waals surface area contributed by atoms with E-state index in [2.05, 4.69) is 136 Å². The maximum atomic E-state index is 14.8. The molecule has 3 heteroatoms. The van der Waals surface area contributed by atoms with E-state index in [1.54, 1.807) is 12.1 Å². The Hall–Kier alpha value is -3.74. The van der Waals surface area contributed by atoms with Crippen LogP contribution in [0.2, 0.25) is 0 Å². The molecule has 0 aromatic heterocycles. The van der Waals surface area contributed by atoms with Crippen molar-refractivity contribution in [3.63, 3.8) is 0 Å². The first kappa shape index (κ1) is 26.9. The van der Waals surface area contributed by atoms with Gasteiger partial charge in [-0.05, 0) is 71.1 Å². The van der Waals surface area contributed by atoms with Gasteiger partial charge in [-0.25, -0.2) is 4.39 Å². The van der Waals surface area contributed by atoms with Crippen LogP contribution in [0.4, 0.5) is 4.39 Å². The van der Waals surface area contributed by atoms with E-state index in [1.165, 1.54) is 27.5 Å². The molecule has 0 spiro atoms. The summed E-state index contributed by atoms with van der Waals surface area (Å²) in [5.74, 6) is 0.475. The Bertz CT molecular complexity index is 1390. The fourth-order valence-corrected chi connectivity index (χ4v) is 9.34. The first-order chi connectivity index (χ1) is 18.9. The molecule has 0 amide bonds. The maximum absolute atomic E-state index is 14.8. The summed E-state index contributed by atoms with van der Waals surface area (Å²) >= 11 is 0. The van der Waals surface area contributed by atoms with Crippen LogP contribution in [0, 0.1) is 5.82 Å². The Morgan fingerprint density at radius 1 is 0.615 bits per heavy atom. The van der Waals surface area contributed by atoms with E-state index in [4.69, 9.17) is 4.74 Å². The highest BCUT2D eigenvalue weighted by Gasteiger charge is 2.46. The Kier molecular flexibility index (Phi) is 7.96. The number of ether oxygens (including phenoxy) is 1. The van der Waals surface area contributed by atoms with Crippen LogP contribution in [-0.4, -0.2) is 0 Å². The smallest absolute Gasteiger partial charge is 0.126 e. The molecule has 0 saturated carbocycles. The summed E-state index contributed by atoms with van der Waals surface area (Å²) in [5.41, 5.74) is 3.36. The van der Waals surface area contributed by atoms with Crippen LogP contribution in [0.3, 0.4) is 0 Å². The number of halogens is 1. The molecule has 39 heavy (non-hydrogen) atoms. The van der Waals surface area contributed by atoms with Crippen molar-refractivity contribution in [1.29, 1.82) is 0 Å². The number of rotatable bonds is 8. The van der Waals surface area contributed by atoms with Crippen LogP contribution in [0.5, 0.6) is 5.75 Å². The van der Waals surface area contributed by atoms with Gasteiger partial charge in [0.15, 0.2) is 0 Å². The number of hydrogen-bond acceptors (Lipinski definition) is 1. The third-order valence-corrected chi connectivity index (χ3v) is 11.6. The molecule has 0 aliphatic rings. The molecule has 0 atom stereocenters. The van der Waals surface area contributed by atoms with Gasteiger partial charge in [0, 0.05) is 5.56 Å². The van der Waals surface area contributed by atoms with Crippen molar-refractivity contribution in [3.8, 4) is 5.75 Å². The van der Waals surface area contributed by atoms with Gasteiger partial charge in [0.25, 0.3) is 0 Å². The van der Waals surface area contributed by atoms with Crippen LogP contribution < -0.4 is 20.7 Å². The molecule has 5 rings (SSSR count). The van der Waals surface area contributed by atoms with E-state index in [1.807, 2.05) is 0 Å². The summed E-state index contributed by atoms with van der Waals surface area (Å²) in [5, 5.41) is 3.78. The van der Waals surface area contributed by atoms with E-state index < -0.39 is 7.26 Å². The summed E-state index contributed by atoms with van der Waals surface area (Å²) in [6.45, 7) is 7.07. The van der Waals surface area contributed by atoms with Crippen molar-refractivity contribution in [1.82, 2.24) is 0 Å². The molecule has 0 aliphatic heterocycles. The molecule has 0 fully saturated rings. The molecule has 5 aromatic rings. The zero-order valence-corrected chi connectivity index (χ0v) is 23.7. The van der Waals surface area contributed by atoms with Crippen LogP contribution in [0.25, 0.3) is 0 Å². The summed E-state index contributed by atoms with van der Waals surface area (Å²) in [4.78, 5) is 0. The van der Waals surface area contributed by atoms with Gasteiger partial charge in [0.2, 0.25) is 0 Å². The first-order valence-electron chi connectivity index (χ1n) is 13.4. The van der Waals surface area contributed by atoms with Crippen LogP contribution in [0.15, 0.2) is 133 Å². The second kappa shape index (κ2) is 11.6. The Labute approximate surface area is 232 Å². The highest BCUT2D eigenvalue weighted by Crippen LogP contribution is 2.59. The second-order valence-electron chi connectivity index (χ2n) is 11.0. The summed E-state index contributed by atoms with van der Waals surface area (Å²) in [6.07, 6.45) is 0.654. The average Bonchev–Trinajstić information content (AvgIpc) is 2.96. The molecule has 5 aromatic carbocycles. The Morgan fingerprint density at radius 3 is 1.56 bits per heavy atom. The van der Waals surface area contributed by atoms with Crippen molar-refractivity contribution in [2.24, 2.45) is 0 Å². The highest BCUT2D eigenvalue weighted by atomic mass is 31.2. The fraction of sp³-hybridized carbons (Fsp3) is 0.167. The van der Waals surface area contributed by atoms with Gasteiger partial charge in [0.05, 0.1) is 0 Å². The lowest BCUT2D eigenvalue weighted by Crippen LogP contribution is -2.32. The standard InChI is InChI=1S/C36H35FOP/c1-36(2,3)30-21-19-28(20-22-30)26-38-35-24-23-31(37)25-29(35)27-39(32-13-7-4-8-14-32,33-15-9-5-10-16-33)34-17-11-6-12-18-34/h4-25H,26-27H2,1-3H3/q+1. The summed E-state index contributed by atoms with van der Waals surface area (Å²) < 4.78 is 21.2. The van der Waals surface area contributed by atoms with E-state index in [0.717, 1.165) is 16.9 Å². The van der Waals surface area contributed by atoms with Crippen LogP contribution in [0.1, 0.15) is 37.5 Å². The van der Waals surface area contributed by atoms with Crippen molar-refractivity contribution < 1.29 is 9.13 Å². The molecule has 0 unspecified atom stereocenters. The predicted molar refractivity (Wildman–Crippen MR) is 165 cm³/mol. The number of hydrogen-bond donors (Lipinski definition) is 0. The quantitative estimate of drug-likeness (QED) is 0.183. The van der Waals surface area contributed by atoms with Crippen molar-refractivity contribution in [2.75, 3.05) is 0 Å². The molecule has 0 saturated heterocycles. The van der Waals surface area contributed by atoms with Crippen LogP contribution in [-0.2, 0) is 18.2 Å². The third kappa shape index (κ3) is 5.97. The summed E-state index contributed by atoms with van der Waals surface area (Å²) in [7, 11) is -2.19. The molecule has 0 N–H and O–H groups in total. The van der Waals surface area contributed by atoms with Gasteiger partial charge in [-0.1, -0.05) is 99.6 Å². The van der Waals surface area contributed by atoms with E-state index in [9.17, 15) is 4.39 Å². The molecule has 0 aliphatic carbocycles. The molecule has 1 nitrogen and oxygen atoms in total. The lowest BCUT2D eigenvalue weighted by Gasteiger charge is -2.28. The second-order valence-corrected chi connectivity index (χ2v) is 14.4. The predicted octanol–water partition coefficient (Wildman–Crippen LogP) is 8.20. The minimum Gasteiger partial charge on any atom is -0.488 e. The maximum Gasteiger partial charge on any atom is 0.126 e. The molecule has 196 valence electrons. The zero-order chi connectivity index (χ0) is 27.3. The molecular weight excluding hydrogens is 498 g/mol. The topological polar surface area (TPSA) is 9.23 Å². The molecule has 0 radical (unpaired) electrons. The van der Waals surface area contributed by atoms with Gasteiger partial charge in [-0.2, -0.15) is 0 Å². The van der Waals surface area contributed by atoms with Crippen molar-refractivity contribution >= 4 is 23.2 Å². The Morgan fingerprint density at radius 2 is 1.10 bits per heavy atom. The van der Waals surface area contributed by atoms with E-state index in [0.29, 0.717) is 12.8 Å². The first-order valence-corrected chi connectivity index (χ1v) is 15.4. The lowest BCUT2D eigenvalue weighted by atomic mass is 9.87. The van der Waals surface area contributed by atoms with E-state index in [-0.39, 0.29) is 11.2 Å². The largest absolute Gasteiger partial charge is 0.488 e. The monoisotopic (exact) mass is 533 g/mol. The molecule has 0 heterocycles. The van der Waals surface area contributed by atoms with Crippen molar-refractivity contribution in [2.45, 2.75) is 39.0 Å². The normalized spacial score (nSPS) is 11.8. The Balaban J connectivity index is 1.57.